The van der Waals surface area contributed by atoms with Crippen molar-refractivity contribution >= 4 is 11.9 Å². The Bertz CT molecular complexity index is 265. The van der Waals surface area contributed by atoms with Crippen LogP contribution in [0.3, 0.4) is 0 Å². The standard InChI is InChI=1S/C11H19NO3/c1-7(13)12-9(10(14)15)4-8-5-11(2,3)6-8/h8-9H,4-6H2,1-3H3,(H,12,13)(H,14,15)/t9-/m0/s1. The first-order valence-corrected chi connectivity index (χ1v) is 5.30. The average molecular weight is 213 g/mol. The van der Waals surface area contributed by atoms with Crippen molar-refractivity contribution in [3.63, 3.8) is 0 Å². The second-order valence-electron chi connectivity index (χ2n) is 5.27. The van der Waals surface area contributed by atoms with E-state index >= 15 is 0 Å². The molecule has 1 saturated carbocycles. The minimum absolute atomic E-state index is 0.277. The molecule has 1 atom stereocenters. The minimum Gasteiger partial charge on any atom is -0.480 e. The number of hydrogen-bond acceptors (Lipinski definition) is 2. The van der Waals surface area contributed by atoms with Crippen molar-refractivity contribution < 1.29 is 14.7 Å². The highest BCUT2D eigenvalue weighted by Crippen LogP contribution is 2.46. The van der Waals surface area contributed by atoms with Gasteiger partial charge in [0.05, 0.1) is 0 Å². The molecule has 2 N–H and O–H groups in total. The van der Waals surface area contributed by atoms with E-state index in [4.69, 9.17) is 5.11 Å². The Balaban J connectivity index is 2.40. The van der Waals surface area contributed by atoms with E-state index in [1.807, 2.05) is 0 Å². The first-order chi connectivity index (χ1) is 6.80. The molecule has 0 saturated heterocycles. The van der Waals surface area contributed by atoms with E-state index in [1.165, 1.54) is 6.92 Å². The van der Waals surface area contributed by atoms with Gasteiger partial charge in [0.1, 0.15) is 6.04 Å². The van der Waals surface area contributed by atoms with Crippen LogP contribution < -0.4 is 5.32 Å². The molecule has 1 rings (SSSR count). The number of rotatable bonds is 4. The molecule has 0 radical (unpaired) electrons. The van der Waals surface area contributed by atoms with Gasteiger partial charge in [0.25, 0.3) is 0 Å². The van der Waals surface area contributed by atoms with Gasteiger partial charge in [0.15, 0.2) is 0 Å². The van der Waals surface area contributed by atoms with Crippen LogP contribution in [0.1, 0.15) is 40.0 Å². The van der Waals surface area contributed by atoms with Crippen molar-refractivity contribution in [3.8, 4) is 0 Å². The Labute approximate surface area is 90.0 Å². The van der Waals surface area contributed by atoms with Crippen LogP contribution in [0.15, 0.2) is 0 Å². The molecule has 86 valence electrons. The molecule has 1 aliphatic rings. The first kappa shape index (κ1) is 12.0. The number of carbonyl (C=O) groups excluding carboxylic acids is 1. The summed E-state index contributed by atoms with van der Waals surface area (Å²) in [6.45, 7) is 5.70. The number of aliphatic carboxylic acids is 1. The third kappa shape index (κ3) is 3.53. The summed E-state index contributed by atoms with van der Waals surface area (Å²) in [5, 5.41) is 11.4. The van der Waals surface area contributed by atoms with Crippen molar-refractivity contribution in [1.82, 2.24) is 5.32 Å². The van der Waals surface area contributed by atoms with Gasteiger partial charge >= 0.3 is 5.97 Å². The summed E-state index contributed by atoms with van der Waals surface area (Å²) in [7, 11) is 0. The van der Waals surface area contributed by atoms with Crippen LogP contribution in [0.2, 0.25) is 0 Å². The summed E-state index contributed by atoms with van der Waals surface area (Å²) in [6.07, 6.45) is 2.66. The lowest BCUT2D eigenvalue weighted by Gasteiger charge is -2.43. The zero-order chi connectivity index (χ0) is 11.6. The van der Waals surface area contributed by atoms with Crippen LogP contribution in [-0.4, -0.2) is 23.0 Å². The second-order valence-corrected chi connectivity index (χ2v) is 5.27. The summed E-state index contributed by atoms with van der Waals surface area (Å²) >= 11 is 0. The molecule has 0 aromatic rings. The molecular formula is C11H19NO3. The van der Waals surface area contributed by atoms with E-state index in [9.17, 15) is 9.59 Å². The van der Waals surface area contributed by atoms with Gasteiger partial charge < -0.3 is 10.4 Å². The molecule has 4 nitrogen and oxygen atoms in total. The third-order valence-electron chi connectivity index (χ3n) is 2.93. The van der Waals surface area contributed by atoms with E-state index in [0.29, 0.717) is 17.8 Å². The van der Waals surface area contributed by atoms with Gasteiger partial charge in [0.2, 0.25) is 5.91 Å². The Kier molecular flexibility index (Phi) is 3.37. The molecule has 0 unspecified atom stereocenters. The number of amides is 1. The number of carboxylic acid groups (broad SMARTS) is 1. The first-order valence-electron chi connectivity index (χ1n) is 5.30. The van der Waals surface area contributed by atoms with Crippen LogP contribution >= 0.6 is 0 Å². The Morgan fingerprint density at radius 1 is 1.47 bits per heavy atom. The van der Waals surface area contributed by atoms with Crippen LogP contribution in [-0.2, 0) is 9.59 Å². The smallest absolute Gasteiger partial charge is 0.326 e. The van der Waals surface area contributed by atoms with Crippen LogP contribution in [0.5, 0.6) is 0 Å². The fraction of sp³-hybridized carbons (Fsp3) is 0.818. The van der Waals surface area contributed by atoms with Gasteiger partial charge in [-0.1, -0.05) is 13.8 Å². The van der Waals surface area contributed by atoms with Crippen molar-refractivity contribution in [2.75, 3.05) is 0 Å². The molecule has 4 heteroatoms. The van der Waals surface area contributed by atoms with E-state index < -0.39 is 12.0 Å². The van der Waals surface area contributed by atoms with Gasteiger partial charge in [-0.3, -0.25) is 4.79 Å². The predicted molar refractivity (Wildman–Crippen MR) is 56.4 cm³/mol. The number of hydrogen-bond donors (Lipinski definition) is 2. The zero-order valence-corrected chi connectivity index (χ0v) is 9.54. The quantitative estimate of drug-likeness (QED) is 0.741. The molecule has 1 aliphatic carbocycles. The van der Waals surface area contributed by atoms with Crippen LogP contribution in [0.4, 0.5) is 0 Å². The summed E-state index contributed by atoms with van der Waals surface area (Å²) in [6, 6.07) is -0.719. The molecule has 15 heavy (non-hydrogen) atoms. The highest BCUT2D eigenvalue weighted by Gasteiger charge is 2.38. The molecule has 0 aromatic carbocycles. The van der Waals surface area contributed by atoms with Crippen molar-refractivity contribution in [1.29, 1.82) is 0 Å². The lowest BCUT2D eigenvalue weighted by atomic mass is 9.63. The molecule has 0 spiro atoms. The molecular weight excluding hydrogens is 194 g/mol. The Morgan fingerprint density at radius 2 is 2.00 bits per heavy atom. The molecule has 1 amide bonds. The van der Waals surface area contributed by atoms with E-state index in [1.54, 1.807) is 0 Å². The fourth-order valence-corrected chi connectivity index (χ4v) is 2.47. The molecule has 0 aromatic heterocycles. The second kappa shape index (κ2) is 4.21. The zero-order valence-electron chi connectivity index (χ0n) is 9.54. The normalized spacial score (nSPS) is 21.5. The van der Waals surface area contributed by atoms with E-state index in [0.717, 1.165) is 12.8 Å². The maximum absolute atomic E-state index is 10.9. The molecule has 0 bridgehead atoms. The average Bonchev–Trinajstić information content (AvgIpc) is 1.98. The highest BCUT2D eigenvalue weighted by molar-refractivity contribution is 5.82. The van der Waals surface area contributed by atoms with Crippen molar-refractivity contribution in [2.45, 2.75) is 46.1 Å². The number of carboxylic acids is 1. The minimum atomic E-state index is -0.935. The SMILES string of the molecule is CC(=O)N[C@@H](CC1CC(C)(C)C1)C(=O)O. The van der Waals surface area contributed by atoms with Crippen LogP contribution in [0.25, 0.3) is 0 Å². The summed E-state index contributed by atoms with van der Waals surface area (Å²) in [5.41, 5.74) is 0.351. The third-order valence-corrected chi connectivity index (χ3v) is 2.93. The molecule has 0 aliphatic heterocycles. The lowest BCUT2D eigenvalue weighted by molar-refractivity contribution is -0.142. The topological polar surface area (TPSA) is 66.4 Å². The molecule has 1 fully saturated rings. The summed E-state index contributed by atoms with van der Waals surface area (Å²) in [5.74, 6) is -0.774. The van der Waals surface area contributed by atoms with Gasteiger partial charge in [-0.25, -0.2) is 4.79 Å². The maximum atomic E-state index is 10.9. The summed E-state index contributed by atoms with van der Waals surface area (Å²) < 4.78 is 0. The summed E-state index contributed by atoms with van der Waals surface area (Å²) in [4.78, 5) is 21.7. The fourth-order valence-electron chi connectivity index (χ4n) is 2.47. The van der Waals surface area contributed by atoms with Gasteiger partial charge in [-0.05, 0) is 30.6 Å². The Hall–Kier alpha value is -1.06. The van der Waals surface area contributed by atoms with Gasteiger partial charge in [-0.15, -0.1) is 0 Å². The predicted octanol–water partition coefficient (Wildman–Crippen LogP) is 1.40. The van der Waals surface area contributed by atoms with E-state index in [-0.39, 0.29) is 5.91 Å². The van der Waals surface area contributed by atoms with Gasteiger partial charge in [-0.2, -0.15) is 0 Å². The number of carbonyl (C=O) groups is 2. The lowest BCUT2D eigenvalue weighted by Crippen LogP contribution is -2.44. The highest BCUT2D eigenvalue weighted by atomic mass is 16.4. The maximum Gasteiger partial charge on any atom is 0.326 e. The monoisotopic (exact) mass is 213 g/mol. The van der Waals surface area contributed by atoms with Crippen LogP contribution in [0, 0.1) is 11.3 Å². The number of nitrogens with one attached hydrogen (secondary N) is 1. The van der Waals surface area contributed by atoms with Crippen molar-refractivity contribution in [3.05, 3.63) is 0 Å². The largest absolute Gasteiger partial charge is 0.480 e. The Morgan fingerprint density at radius 3 is 2.33 bits per heavy atom. The van der Waals surface area contributed by atoms with E-state index in [2.05, 4.69) is 19.2 Å². The molecule has 0 heterocycles. The van der Waals surface area contributed by atoms with Gasteiger partial charge in [0, 0.05) is 6.92 Å². The van der Waals surface area contributed by atoms with Crippen molar-refractivity contribution in [2.24, 2.45) is 11.3 Å².